The Morgan fingerprint density at radius 1 is 1.14 bits per heavy atom. The summed E-state index contributed by atoms with van der Waals surface area (Å²) in [6.45, 7) is 0. The summed E-state index contributed by atoms with van der Waals surface area (Å²) in [7, 11) is 0. The fraction of sp³-hybridized carbons (Fsp3) is 0.0588. The number of ether oxygens (including phenoxy) is 2. The van der Waals surface area contributed by atoms with Crippen LogP contribution in [0.5, 0.6) is 23.0 Å². The molecule has 0 fully saturated rings. The Labute approximate surface area is 155 Å². The smallest absolute Gasteiger partial charge is 0.416 e. The second-order valence-corrected chi connectivity index (χ2v) is 5.55. The van der Waals surface area contributed by atoms with Crippen LogP contribution in [0.4, 0.5) is 18.9 Å². The van der Waals surface area contributed by atoms with Gasteiger partial charge in [-0.1, -0.05) is 12.1 Å². The van der Waals surface area contributed by atoms with Gasteiger partial charge in [-0.2, -0.15) is 23.6 Å². The van der Waals surface area contributed by atoms with Gasteiger partial charge >= 0.3 is 6.18 Å². The van der Waals surface area contributed by atoms with E-state index in [9.17, 15) is 18.4 Å². The highest BCUT2D eigenvalue weighted by Gasteiger charge is 2.34. The molecule has 0 radical (unpaired) electrons. The Kier molecular flexibility index (Phi) is 4.08. The Hall–Kier alpha value is -4.07. The lowest BCUT2D eigenvalue weighted by Gasteiger charge is -2.24. The summed E-state index contributed by atoms with van der Waals surface area (Å²) in [4.78, 5) is 0. The predicted molar refractivity (Wildman–Crippen MR) is 89.4 cm³/mol. The number of hydrogen-bond donors (Lipinski definition) is 2. The molecule has 1 aliphatic rings. The molecule has 0 bridgehead atoms. The van der Waals surface area contributed by atoms with Gasteiger partial charge in [0.1, 0.15) is 11.6 Å². The Morgan fingerprint density at radius 3 is 2.54 bits per heavy atom. The molecule has 0 spiro atoms. The van der Waals surface area contributed by atoms with Gasteiger partial charge in [0, 0.05) is 6.20 Å². The summed E-state index contributed by atoms with van der Waals surface area (Å²) in [5, 5.41) is 24.7. The van der Waals surface area contributed by atoms with E-state index in [-0.39, 0.29) is 28.6 Å². The van der Waals surface area contributed by atoms with Gasteiger partial charge in [-0.3, -0.25) is 0 Å². The summed E-state index contributed by atoms with van der Waals surface area (Å²) in [5.41, 5.74) is -1.03. The van der Waals surface area contributed by atoms with E-state index in [4.69, 9.17) is 9.47 Å². The van der Waals surface area contributed by atoms with Crippen molar-refractivity contribution in [3.05, 3.63) is 54.0 Å². The topological polar surface area (TPSA) is 109 Å². The molecule has 8 nitrogen and oxygen atoms in total. The number of tetrazole rings is 1. The molecule has 1 aromatic heterocycles. The molecule has 3 aromatic rings. The van der Waals surface area contributed by atoms with E-state index < -0.39 is 11.7 Å². The number of allylic oxidation sites excluding steroid dienone is 1. The van der Waals surface area contributed by atoms with Crippen LogP contribution >= 0.6 is 0 Å². The first kappa shape index (κ1) is 17.3. The standard InChI is InChI=1S/C17H9F3N6O2/c18-17(19,20)10-5-11(22-8-9(7-21)16-23-25-26-24-16)15-14(6-10)27-12-3-1-2-4-13(12)28-15/h1-6,8,22H,(H,23,24,25,26). The maximum atomic E-state index is 13.3. The molecule has 0 aliphatic carbocycles. The minimum atomic E-state index is -4.61. The third-order valence-corrected chi connectivity index (χ3v) is 3.74. The van der Waals surface area contributed by atoms with Gasteiger partial charge in [-0.05, 0) is 29.5 Å². The number of alkyl halides is 3. The number of nitrogens with zero attached hydrogens (tertiary/aromatic N) is 4. The molecule has 0 atom stereocenters. The first-order chi connectivity index (χ1) is 13.5. The van der Waals surface area contributed by atoms with Crippen LogP contribution in [0, 0.1) is 11.3 Å². The van der Waals surface area contributed by atoms with Gasteiger partial charge in [0.2, 0.25) is 5.82 Å². The average molecular weight is 386 g/mol. The van der Waals surface area contributed by atoms with Crippen LogP contribution in [0.3, 0.4) is 0 Å². The van der Waals surface area contributed by atoms with Crippen molar-refractivity contribution < 1.29 is 22.6 Å². The molecule has 1 aliphatic heterocycles. The number of rotatable bonds is 3. The van der Waals surface area contributed by atoms with E-state index >= 15 is 0 Å². The number of H-pyrrole nitrogens is 1. The molecule has 0 unspecified atom stereocenters. The van der Waals surface area contributed by atoms with Crippen molar-refractivity contribution in [2.75, 3.05) is 5.32 Å². The van der Waals surface area contributed by atoms with Crippen LogP contribution in [-0.2, 0) is 6.18 Å². The highest BCUT2D eigenvalue weighted by atomic mass is 19.4. The van der Waals surface area contributed by atoms with Gasteiger partial charge < -0.3 is 14.8 Å². The van der Waals surface area contributed by atoms with E-state index in [0.29, 0.717) is 11.5 Å². The second kappa shape index (κ2) is 6.58. The van der Waals surface area contributed by atoms with Crippen molar-refractivity contribution >= 4 is 11.3 Å². The van der Waals surface area contributed by atoms with Gasteiger partial charge in [0.05, 0.1) is 11.3 Å². The van der Waals surface area contributed by atoms with E-state index in [1.165, 1.54) is 0 Å². The predicted octanol–water partition coefficient (Wildman–Crippen LogP) is 4.09. The molecule has 2 heterocycles. The van der Waals surface area contributed by atoms with Crippen LogP contribution in [-0.4, -0.2) is 20.6 Å². The molecule has 2 aromatic carbocycles. The monoisotopic (exact) mass is 386 g/mol. The highest BCUT2D eigenvalue weighted by molar-refractivity contribution is 5.77. The van der Waals surface area contributed by atoms with E-state index in [1.807, 2.05) is 6.07 Å². The molecule has 11 heteroatoms. The number of aromatic nitrogens is 4. The molecule has 2 N–H and O–H groups in total. The summed E-state index contributed by atoms with van der Waals surface area (Å²) < 4.78 is 51.2. The van der Waals surface area contributed by atoms with Crippen LogP contribution in [0.25, 0.3) is 5.57 Å². The number of para-hydroxylation sites is 2. The Balaban J connectivity index is 1.77. The molecule has 0 saturated heterocycles. The van der Waals surface area contributed by atoms with Gasteiger partial charge in [-0.15, -0.1) is 10.2 Å². The van der Waals surface area contributed by atoms with Gasteiger partial charge in [0.15, 0.2) is 23.0 Å². The van der Waals surface area contributed by atoms with Crippen molar-refractivity contribution in [2.45, 2.75) is 6.18 Å². The van der Waals surface area contributed by atoms with Crippen molar-refractivity contribution in [1.29, 1.82) is 5.26 Å². The summed E-state index contributed by atoms with van der Waals surface area (Å²) in [6.07, 6.45) is -3.45. The number of hydrogen-bond acceptors (Lipinski definition) is 7. The molecule has 4 rings (SSSR count). The first-order valence-electron chi connectivity index (χ1n) is 7.76. The maximum absolute atomic E-state index is 13.3. The Bertz CT molecular complexity index is 1100. The number of aromatic amines is 1. The highest BCUT2D eigenvalue weighted by Crippen LogP contribution is 2.51. The third-order valence-electron chi connectivity index (χ3n) is 3.74. The van der Waals surface area contributed by atoms with Crippen LogP contribution in [0.15, 0.2) is 42.6 Å². The number of halogens is 3. The molecular weight excluding hydrogens is 377 g/mol. The van der Waals surface area contributed by atoms with Crippen LogP contribution < -0.4 is 14.8 Å². The van der Waals surface area contributed by atoms with Crippen molar-refractivity contribution in [1.82, 2.24) is 20.6 Å². The van der Waals surface area contributed by atoms with E-state index in [2.05, 4.69) is 25.9 Å². The Morgan fingerprint density at radius 2 is 1.89 bits per heavy atom. The zero-order valence-corrected chi connectivity index (χ0v) is 13.8. The molecule has 28 heavy (non-hydrogen) atoms. The minimum Gasteiger partial charge on any atom is -0.449 e. The molecular formula is C17H9F3N6O2. The number of anilines is 1. The van der Waals surface area contributed by atoms with Gasteiger partial charge in [0.25, 0.3) is 0 Å². The van der Waals surface area contributed by atoms with E-state index in [1.54, 1.807) is 24.3 Å². The summed E-state index contributed by atoms with van der Waals surface area (Å²) >= 11 is 0. The molecule has 140 valence electrons. The summed E-state index contributed by atoms with van der Waals surface area (Å²) in [5.74, 6) is 0.565. The molecule has 0 amide bonds. The summed E-state index contributed by atoms with van der Waals surface area (Å²) in [6, 6.07) is 10.1. The normalized spacial score (nSPS) is 12.9. The van der Waals surface area contributed by atoms with Gasteiger partial charge in [-0.25, -0.2) is 0 Å². The quantitative estimate of drug-likeness (QED) is 0.510. The maximum Gasteiger partial charge on any atom is 0.416 e. The number of benzene rings is 2. The fourth-order valence-electron chi connectivity index (χ4n) is 2.47. The van der Waals surface area contributed by atoms with E-state index in [0.717, 1.165) is 18.3 Å². The lowest BCUT2D eigenvalue weighted by atomic mass is 10.1. The van der Waals surface area contributed by atoms with Crippen molar-refractivity contribution in [2.24, 2.45) is 0 Å². The SMILES string of the molecule is N#CC(=CNc1cc(C(F)(F)F)cc2c1Oc1ccccc1O2)c1nn[nH]n1. The molecule has 0 saturated carbocycles. The number of nitriles is 1. The minimum absolute atomic E-state index is 0.0154. The lowest BCUT2D eigenvalue weighted by molar-refractivity contribution is -0.137. The average Bonchev–Trinajstić information content (AvgIpc) is 3.20. The largest absolute Gasteiger partial charge is 0.449 e. The third kappa shape index (κ3) is 3.18. The lowest BCUT2D eigenvalue weighted by Crippen LogP contribution is -2.09. The van der Waals surface area contributed by atoms with Crippen LogP contribution in [0.1, 0.15) is 11.4 Å². The second-order valence-electron chi connectivity index (χ2n) is 5.55. The van der Waals surface area contributed by atoms with Crippen molar-refractivity contribution in [3.8, 4) is 29.1 Å². The zero-order valence-electron chi connectivity index (χ0n) is 13.8. The number of fused-ring (bicyclic) bond motifs is 2. The van der Waals surface area contributed by atoms with Crippen molar-refractivity contribution in [3.63, 3.8) is 0 Å². The fourth-order valence-corrected chi connectivity index (χ4v) is 2.47. The number of nitrogens with one attached hydrogen (secondary N) is 2. The zero-order chi connectivity index (χ0) is 19.7. The van der Waals surface area contributed by atoms with Crippen LogP contribution in [0.2, 0.25) is 0 Å². The first-order valence-corrected chi connectivity index (χ1v) is 7.76.